The quantitative estimate of drug-likeness (QED) is 0.0441. The minimum atomic E-state index is -1.61. The summed E-state index contributed by atoms with van der Waals surface area (Å²) < 4.78 is 1.65. The molecule has 49 heavy (non-hydrogen) atoms. The van der Waals surface area contributed by atoms with E-state index in [1.165, 1.54) is 11.9 Å². The van der Waals surface area contributed by atoms with Crippen molar-refractivity contribution in [1.29, 1.82) is 0 Å². The lowest BCUT2D eigenvalue weighted by Crippen LogP contribution is -2.53. The molecule has 0 aromatic heterocycles. The van der Waals surface area contributed by atoms with E-state index in [1.54, 1.807) is 14.9 Å². The number of halogens is 1. The molecule has 3 rings (SSSR count). The summed E-state index contributed by atoms with van der Waals surface area (Å²) in [5.74, 6) is -3.82. The Morgan fingerprint density at radius 2 is 1.69 bits per heavy atom. The molecule has 1 saturated carbocycles. The largest absolute Gasteiger partial charge is 0.475 e. The van der Waals surface area contributed by atoms with E-state index >= 15 is 0 Å². The second-order valence-corrected chi connectivity index (χ2v) is 13.7. The average molecular weight is 810 g/mol. The summed E-state index contributed by atoms with van der Waals surface area (Å²) in [5.41, 5.74) is 0. The molecule has 2 saturated heterocycles. The number of carbonyl (C=O) groups excluding carboxylic acids is 6. The van der Waals surface area contributed by atoms with Crippen molar-refractivity contribution >= 4 is 65.6 Å². The number of hydrogen-bond acceptors (Lipinski definition) is 16. The molecule has 0 unspecified atom stereocenters. The Hall–Kier alpha value is -2.67. The molecule has 1 aliphatic carbocycles. The fourth-order valence-corrected chi connectivity index (χ4v) is 6.36. The molecule has 3 amide bonds. The maximum absolute atomic E-state index is 12.9. The Kier molecular flexibility index (Phi) is 17.4. The minimum Gasteiger partial charge on any atom is -0.426 e. The van der Waals surface area contributed by atoms with Crippen LogP contribution in [0.1, 0.15) is 45.4 Å². The zero-order valence-corrected chi connectivity index (χ0v) is 30.1. The third-order valence-corrected chi connectivity index (χ3v) is 9.34. The normalized spacial score (nSPS) is 23.9. The average Bonchev–Trinajstić information content (AvgIpc) is 3.54. The smallest absolute Gasteiger partial charge is 0.426 e. The summed E-state index contributed by atoms with van der Waals surface area (Å²) in [7, 11) is -0.0959. The molecule has 2 aliphatic heterocycles. The molecule has 0 aromatic carbocycles. The molecule has 6 N–H and O–H groups in total. The van der Waals surface area contributed by atoms with Crippen molar-refractivity contribution in [3.63, 3.8) is 0 Å². The summed E-state index contributed by atoms with van der Waals surface area (Å²) in [6.07, 6.45) is 3.96. The summed E-state index contributed by atoms with van der Waals surface area (Å²) >= 11 is 1.95. The molecule has 2 heterocycles. The fourth-order valence-electron chi connectivity index (χ4n) is 5.87. The van der Waals surface area contributed by atoms with Crippen molar-refractivity contribution in [3.05, 3.63) is 0 Å². The molecule has 21 heteroatoms. The van der Waals surface area contributed by atoms with Gasteiger partial charge in [-0.25, -0.2) is 17.5 Å². The lowest BCUT2D eigenvalue weighted by molar-refractivity contribution is -0.463. The summed E-state index contributed by atoms with van der Waals surface area (Å²) in [4.78, 5) is 92.3. The van der Waals surface area contributed by atoms with Gasteiger partial charge in [-0.3, -0.25) is 33.8 Å². The number of likely N-dealkylation sites (N-methyl/N-ethyl adjacent to an activating group) is 1. The third-order valence-electron chi connectivity index (χ3n) is 8.51. The molecule has 3 aliphatic rings. The van der Waals surface area contributed by atoms with Gasteiger partial charge in [0, 0.05) is 68.1 Å². The number of hydrogen-bond donors (Lipinski definition) is 6. The van der Waals surface area contributed by atoms with E-state index in [1.807, 2.05) is 22.9 Å². The van der Waals surface area contributed by atoms with Gasteiger partial charge in [-0.2, -0.15) is 0 Å². The van der Waals surface area contributed by atoms with Crippen molar-refractivity contribution in [2.45, 2.75) is 57.4 Å². The standard InChI is InChI=1S/C28H48BIN8O11/c1-19(28(44)37-10-3-4-22(37)29(45)46)34-27(43)21-7-5-20(6-8-21)14-33-23(39)15-32-9-11-35-12-13-36(30)18-26(42)49-38(48-25(41)17-35)47-24(40)16-31-2/h19-22,31-32,45-46H,3-18H2,1-2H3,(H,33,39)(H,34,43)/t19-,20-,21-,22+/m1/s1. The number of nitrogens with one attached hydrogen (secondary N) is 4. The highest BCUT2D eigenvalue weighted by Gasteiger charge is 2.39. The highest BCUT2D eigenvalue weighted by atomic mass is 127. The van der Waals surface area contributed by atoms with Gasteiger partial charge >= 0.3 is 25.0 Å². The number of carbonyl (C=O) groups is 6. The van der Waals surface area contributed by atoms with Crippen LogP contribution in [0.5, 0.6) is 0 Å². The predicted octanol–water partition coefficient (Wildman–Crippen LogP) is -3.13. The first-order valence-electron chi connectivity index (χ1n) is 16.5. The van der Waals surface area contributed by atoms with Gasteiger partial charge in [0.15, 0.2) is 0 Å². The predicted molar refractivity (Wildman–Crippen MR) is 180 cm³/mol. The van der Waals surface area contributed by atoms with Gasteiger partial charge in [0.25, 0.3) is 0 Å². The van der Waals surface area contributed by atoms with Crippen molar-refractivity contribution in [2.24, 2.45) is 11.8 Å². The number of amides is 3. The molecule has 0 aromatic rings. The van der Waals surface area contributed by atoms with Crippen molar-refractivity contribution < 1.29 is 53.3 Å². The molecule has 0 radical (unpaired) electrons. The molecular weight excluding hydrogens is 762 g/mol. The lowest BCUT2D eigenvalue weighted by atomic mass is 9.77. The first-order chi connectivity index (χ1) is 23.4. The Morgan fingerprint density at radius 1 is 1.00 bits per heavy atom. The van der Waals surface area contributed by atoms with E-state index < -0.39 is 37.0 Å². The first-order valence-corrected chi connectivity index (χ1v) is 17.5. The van der Waals surface area contributed by atoms with E-state index in [2.05, 4.69) is 21.3 Å². The number of nitrogens with zero attached hydrogens (tertiary/aromatic N) is 4. The van der Waals surface area contributed by atoms with Crippen LogP contribution < -0.4 is 21.3 Å². The highest BCUT2D eigenvalue weighted by Crippen LogP contribution is 2.29. The minimum absolute atomic E-state index is 0.0586. The van der Waals surface area contributed by atoms with Crippen LogP contribution in [0, 0.1) is 11.8 Å². The van der Waals surface area contributed by atoms with E-state index in [0.29, 0.717) is 65.0 Å². The van der Waals surface area contributed by atoms with Crippen LogP contribution in [0.25, 0.3) is 0 Å². The van der Waals surface area contributed by atoms with E-state index in [0.717, 1.165) is 12.8 Å². The Morgan fingerprint density at radius 3 is 2.37 bits per heavy atom. The van der Waals surface area contributed by atoms with Crippen LogP contribution in [0.2, 0.25) is 0 Å². The van der Waals surface area contributed by atoms with Crippen LogP contribution in [-0.4, -0.2) is 156 Å². The Balaban J connectivity index is 1.33. The zero-order valence-electron chi connectivity index (χ0n) is 27.9. The Bertz CT molecular complexity index is 1150. The molecule has 2 atom stereocenters. The van der Waals surface area contributed by atoms with Crippen LogP contribution in [-0.2, 0) is 43.3 Å². The van der Waals surface area contributed by atoms with Gasteiger partial charge in [0.1, 0.15) is 12.6 Å². The third kappa shape index (κ3) is 14.2. The van der Waals surface area contributed by atoms with Crippen molar-refractivity contribution in [3.8, 4) is 0 Å². The van der Waals surface area contributed by atoms with Crippen LogP contribution in [0.15, 0.2) is 0 Å². The summed E-state index contributed by atoms with van der Waals surface area (Å²) in [5, 5.41) is 30.6. The van der Waals surface area contributed by atoms with Gasteiger partial charge in [-0.1, -0.05) is 0 Å². The fraction of sp³-hybridized carbons (Fsp3) is 0.786. The SMILES string of the molecule is CNCC(=O)ON1OC(=O)CN(I)CCN(CCNCC(=O)NC[C@H]2CC[C@H](C(=O)N[C@H](C)C(=O)N3CCC[C@H]3B(O)O)CC2)CC(=O)O1. The Labute approximate surface area is 299 Å². The molecule has 3 fully saturated rings. The van der Waals surface area contributed by atoms with E-state index in [4.69, 9.17) is 14.5 Å². The highest BCUT2D eigenvalue weighted by molar-refractivity contribution is 14.1. The van der Waals surface area contributed by atoms with Crippen LogP contribution in [0.4, 0.5) is 0 Å². The van der Waals surface area contributed by atoms with E-state index in [9.17, 15) is 38.8 Å². The topological polar surface area (TPSA) is 232 Å². The lowest BCUT2D eigenvalue weighted by Gasteiger charge is -2.30. The van der Waals surface area contributed by atoms with Gasteiger partial charge in [-0.15, -0.1) is 0 Å². The number of likely N-dealkylation sites (tertiary alicyclic amines) is 1. The van der Waals surface area contributed by atoms with E-state index in [-0.39, 0.29) is 61.1 Å². The van der Waals surface area contributed by atoms with Gasteiger partial charge in [-0.05, 0) is 58.4 Å². The summed E-state index contributed by atoms with van der Waals surface area (Å²) in [6.45, 7) is 3.58. The zero-order chi connectivity index (χ0) is 35.9. The molecule has 19 nitrogen and oxygen atoms in total. The number of rotatable bonds is 14. The van der Waals surface area contributed by atoms with Crippen LogP contribution >= 0.6 is 22.9 Å². The monoisotopic (exact) mass is 810 g/mol. The maximum atomic E-state index is 12.9. The molecule has 0 spiro atoms. The maximum Gasteiger partial charge on any atom is 0.475 e. The van der Waals surface area contributed by atoms with Gasteiger partial charge in [0.05, 0.1) is 25.6 Å². The van der Waals surface area contributed by atoms with Crippen molar-refractivity contribution in [1.82, 2.24) is 39.6 Å². The van der Waals surface area contributed by atoms with Gasteiger partial charge in [0.2, 0.25) is 23.1 Å². The second-order valence-electron chi connectivity index (χ2n) is 12.3. The van der Waals surface area contributed by atoms with Gasteiger partial charge < -0.3 is 36.2 Å². The molecule has 276 valence electrons. The molecular formula is C28H48BIN8O11. The summed E-state index contributed by atoms with van der Waals surface area (Å²) in [6, 6.07) is -0.765. The molecule has 0 bridgehead atoms. The first kappa shape index (κ1) is 40.8. The van der Waals surface area contributed by atoms with Crippen molar-refractivity contribution in [2.75, 3.05) is 72.5 Å². The van der Waals surface area contributed by atoms with Crippen LogP contribution in [0.3, 0.4) is 0 Å². The second kappa shape index (κ2) is 20.9.